The van der Waals surface area contributed by atoms with Crippen LogP contribution in [0.2, 0.25) is 0 Å². The second-order valence-corrected chi connectivity index (χ2v) is 5.71. The van der Waals surface area contributed by atoms with Gasteiger partial charge in [-0.15, -0.1) is 0 Å². The number of nitrogens with one attached hydrogen (secondary N) is 2. The van der Waals surface area contributed by atoms with Gasteiger partial charge in [0.2, 0.25) is 5.95 Å². The Morgan fingerprint density at radius 1 is 0.963 bits per heavy atom. The average Bonchev–Trinajstić information content (AvgIpc) is 2.69. The zero-order valence-electron chi connectivity index (χ0n) is 14.9. The van der Waals surface area contributed by atoms with Crippen LogP contribution in [0.3, 0.4) is 0 Å². The number of hydrogen-bond acceptors (Lipinski definition) is 6. The summed E-state index contributed by atoms with van der Waals surface area (Å²) in [6.45, 7) is 1.47. The van der Waals surface area contributed by atoms with Gasteiger partial charge in [-0.05, 0) is 31.2 Å². The van der Waals surface area contributed by atoms with Gasteiger partial charge in [0.1, 0.15) is 5.75 Å². The van der Waals surface area contributed by atoms with Gasteiger partial charge in [-0.3, -0.25) is 9.59 Å². The van der Waals surface area contributed by atoms with Gasteiger partial charge < -0.3 is 15.4 Å². The lowest BCUT2D eigenvalue weighted by molar-refractivity contribution is 0.101. The lowest BCUT2D eigenvalue weighted by Gasteiger charge is -2.10. The molecule has 0 spiro atoms. The van der Waals surface area contributed by atoms with Gasteiger partial charge in [0.05, 0.1) is 18.4 Å². The van der Waals surface area contributed by atoms with Crippen LogP contribution in [0.5, 0.6) is 5.75 Å². The Bertz CT molecular complexity index is 971. The van der Waals surface area contributed by atoms with Crippen LogP contribution >= 0.6 is 0 Å². The van der Waals surface area contributed by atoms with Gasteiger partial charge in [-0.25, -0.2) is 9.97 Å². The molecule has 2 N–H and O–H groups in total. The molecule has 0 fully saturated rings. The number of benzene rings is 2. The number of hydrogen-bond donors (Lipinski definition) is 2. The van der Waals surface area contributed by atoms with Gasteiger partial charge in [0.15, 0.2) is 5.78 Å². The molecule has 0 unspecified atom stereocenters. The maximum Gasteiger partial charge on any atom is 0.258 e. The van der Waals surface area contributed by atoms with E-state index in [-0.39, 0.29) is 11.7 Å². The zero-order valence-corrected chi connectivity index (χ0v) is 14.9. The van der Waals surface area contributed by atoms with Crippen molar-refractivity contribution in [2.24, 2.45) is 0 Å². The first-order chi connectivity index (χ1) is 13.1. The molecule has 1 amide bonds. The number of carbonyl (C=O) groups excluding carboxylic acids is 2. The number of carbonyl (C=O) groups is 2. The average molecular weight is 362 g/mol. The van der Waals surface area contributed by atoms with Crippen molar-refractivity contribution in [3.8, 4) is 5.75 Å². The van der Waals surface area contributed by atoms with E-state index in [2.05, 4.69) is 20.6 Å². The SMILES string of the molecule is COc1ccccc1Nc1ncc(C(=O)Nc2cccc(C(C)=O)c2)cn1. The highest BCUT2D eigenvalue weighted by Gasteiger charge is 2.10. The Balaban J connectivity index is 1.70. The van der Waals surface area contributed by atoms with Crippen molar-refractivity contribution in [2.45, 2.75) is 6.92 Å². The zero-order chi connectivity index (χ0) is 19.2. The summed E-state index contributed by atoms with van der Waals surface area (Å²) in [6.07, 6.45) is 2.85. The van der Waals surface area contributed by atoms with E-state index in [1.807, 2.05) is 24.3 Å². The summed E-state index contributed by atoms with van der Waals surface area (Å²) >= 11 is 0. The molecular weight excluding hydrogens is 344 g/mol. The summed E-state index contributed by atoms with van der Waals surface area (Å²) in [6, 6.07) is 14.1. The van der Waals surface area contributed by atoms with Crippen LogP contribution in [-0.4, -0.2) is 28.8 Å². The van der Waals surface area contributed by atoms with Gasteiger partial charge in [-0.1, -0.05) is 24.3 Å². The van der Waals surface area contributed by atoms with E-state index in [0.29, 0.717) is 28.5 Å². The fraction of sp³-hybridized carbons (Fsp3) is 0.100. The van der Waals surface area contributed by atoms with Gasteiger partial charge in [0.25, 0.3) is 5.91 Å². The van der Waals surface area contributed by atoms with Crippen molar-refractivity contribution in [1.82, 2.24) is 9.97 Å². The molecule has 0 atom stereocenters. The molecule has 136 valence electrons. The molecule has 7 nitrogen and oxygen atoms in total. The number of anilines is 3. The van der Waals surface area contributed by atoms with Crippen LogP contribution < -0.4 is 15.4 Å². The standard InChI is InChI=1S/C20H18N4O3/c1-13(25)14-6-5-7-16(10-14)23-19(26)15-11-21-20(22-12-15)24-17-8-3-4-9-18(17)27-2/h3-12H,1-2H3,(H,23,26)(H,21,22,24). The Labute approximate surface area is 156 Å². The number of amides is 1. The fourth-order valence-corrected chi connectivity index (χ4v) is 2.40. The minimum atomic E-state index is -0.362. The number of Topliss-reactive ketones (excluding diaryl/α,β-unsaturated/α-hetero) is 1. The van der Waals surface area contributed by atoms with Crippen LogP contribution in [0.15, 0.2) is 60.9 Å². The summed E-state index contributed by atoms with van der Waals surface area (Å²) in [5.74, 6) is 0.573. The first-order valence-electron chi connectivity index (χ1n) is 8.21. The van der Waals surface area contributed by atoms with Crippen molar-refractivity contribution in [3.63, 3.8) is 0 Å². The molecule has 1 aromatic heterocycles. The molecule has 2 aromatic carbocycles. The van der Waals surface area contributed by atoms with E-state index < -0.39 is 0 Å². The highest BCUT2D eigenvalue weighted by molar-refractivity contribution is 6.04. The minimum absolute atomic E-state index is 0.0683. The Hall–Kier alpha value is -3.74. The summed E-state index contributed by atoms with van der Waals surface area (Å²) < 4.78 is 5.27. The third kappa shape index (κ3) is 4.46. The first-order valence-corrected chi connectivity index (χ1v) is 8.21. The first kappa shape index (κ1) is 18.1. The Morgan fingerprint density at radius 2 is 1.70 bits per heavy atom. The van der Waals surface area contributed by atoms with Crippen molar-refractivity contribution in [1.29, 1.82) is 0 Å². The van der Waals surface area contributed by atoms with Crippen molar-refractivity contribution >= 4 is 29.0 Å². The monoisotopic (exact) mass is 362 g/mol. The predicted octanol–water partition coefficient (Wildman–Crippen LogP) is 3.68. The van der Waals surface area contributed by atoms with Crippen LogP contribution in [0.1, 0.15) is 27.6 Å². The summed E-state index contributed by atoms with van der Waals surface area (Å²) in [7, 11) is 1.58. The van der Waals surface area contributed by atoms with E-state index in [1.165, 1.54) is 19.3 Å². The molecule has 0 saturated heterocycles. The number of aromatic nitrogens is 2. The molecule has 27 heavy (non-hydrogen) atoms. The lowest BCUT2D eigenvalue weighted by Crippen LogP contribution is -2.13. The molecule has 0 radical (unpaired) electrons. The number of rotatable bonds is 6. The summed E-state index contributed by atoms with van der Waals surface area (Å²) in [4.78, 5) is 32.1. The van der Waals surface area contributed by atoms with E-state index in [9.17, 15) is 9.59 Å². The molecule has 0 bridgehead atoms. The molecule has 3 rings (SSSR count). The van der Waals surface area contributed by atoms with Gasteiger partial charge in [-0.2, -0.15) is 0 Å². The number of nitrogens with zero attached hydrogens (tertiary/aromatic N) is 2. The second-order valence-electron chi connectivity index (χ2n) is 5.71. The molecular formula is C20H18N4O3. The van der Waals surface area contributed by atoms with Crippen LogP contribution in [0, 0.1) is 0 Å². The van der Waals surface area contributed by atoms with Gasteiger partial charge in [0, 0.05) is 23.6 Å². The molecule has 0 aliphatic heterocycles. The lowest BCUT2D eigenvalue weighted by atomic mass is 10.1. The highest BCUT2D eigenvalue weighted by Crippen LogP contribution is 2.25. The van der Waals surface area contributed by atoms with E-state index in [1.54, 1.807) is 31.4 Å². The third-order valence-electron chi connectivity index (χ3n) is 3.79. The molecule has 7 heteroatoms. The van der Waals surface area contributed by atoms with Gasteiger partial charge >= 0.3 is 0 Å². The number of methoxy groups -OCH3 is 1. The molecule has 1 heterocycles. The van der Waals surface area contributed by atoms with E-state index >= 15 is 0 Å². The maximum absolute atomic E-state index is 12.3. The normalized spacial score (nSPS) is 10.1. The van der Waals surface area contributed by atoms with Crippen molar-refractivity contribution in [3.05, 3.63) is 72.1 Å². The second kappa shape index (κ2) is 8.09. The highest BCUT2D eigenvalue weighted by atomic mass is 16.5. The topological polar surface area (TPSA) is 93.2 Å². The smallest absolute Gasteiger partial charge is 0.258 e. The molecule has 0 aliphatic carbocycles. The summed E-state index contributed by atoms with van der Waals surface area (Å²) in [5.41, 5.74) is 2.08. The van der Waals surface area contributed by atoms with Crippen molar-refractivity contribution < 1.29 is 14.3 Å². The third-order valence-corrected chi connectivity index (χ3v) is 3.79. The van der Waals surface area contributed by atoms with Crippen LogP contribution in [0.4, 0.5) is 17.3 Å². The molecule has 0 saturated carbocycles. The Morgan fingerprint density at radius 3 is 2.41 bits per heavy atom. The summed E-state index contributed by atoms with van der Waals surface area (Å²) in [5, 5.41) is 5.77. The molecule has 3 aromatic rings. The maximum atomic E-state index is 12.3. The van der Waals surface area contributed by atoms with Crippen molar-refractivity contribution in [2.75, 3.05) is 17.7 Å². The molecule has 0 aliphatic rings. The minimum Gasteiger partial charge on any atom is -0.495 e. The number of ketones is 1. The van der Waals surface area contributed by atoms with Crippen LogP contribution in [0.25, 0.3) is 0 Å². The van der Waals surface area contributed by atoms with E-state index in [4.69, 9.17) is 4.74 Å². The largest absolute Gasteiger partial charge is 0.495 e. The Kier molecular flexibility index (Phi) is 5.41. The predicted molar refractivity (Wildman–Crippen MR) is 103 cm³/mol. The number of para-hydroxylation sites is 2. The van der Waals surface area contributed by atoms with Crippen LogP contribution in [-0.2, 0) is 0 Å². The quantitative estimate of drug-likeness (QED) is 0.650. The fourth-order valence-electron chi connectivity index (χ4n) is 2.40. The number of ether oxygens (including phenoxy) is 1. The van der Waals surface area contributed by atoms with E-state index in [0.717, 1.165) is 5.69 Å².